The van der Waals surface area contributed by atoms with Gasteiger partial charge in [0, 0.05) is 42.1 Å². The first-order valence-electron chi connectivity index (χ1n) is 10.2. The predicted molar refractivity (Wildman–Crippen MR) is 116 cm³/mol. The first kappa shape index (κ1) is 20.3. The zero-order chi connectivity index (χ0) is 21.5. The van der Waals surface area contributed by atoms with Crippen LogP contribution in [0.2, 0.25) is 0 Å². The van der Waals surface area contributed by atoms with E-state index >= 15 is 0 Å². The second-order valence-electron chi connectivity index (χ2n) is 8.34. The molecule has 0 saturated heterocycles. The van der Waals surface area contributed by atoms with E-state index in [2.05, 4.69) is 51.4 Å². The van der Waals surface area contributed by atoms with E-state index in [1.165, 1.54) is 0 Å². The third-order valence-corrected chi connectivity index (χ3v) is 5.53. The normalized spacial score (nSPS) is 15.8. The van der Waals surface area contributed by atoms with Crippen molar-refractivity contribution in [2.75, 3.05) is 12.8 Å². The lowest BCUT2D eigenvalue weighted by Gasteiger charge is -2.14. The highest BCUT2D eigenvalue weighted by Crippen LogP contribution is 2.39. The number of fused-ring (bicyclic) bond motifs is 1. The third-order valence-electron chi connectivity index (χ3n) is 5.53. The number of nitrogens with zero attached hydrogens (tertiary/aromatic N) is 4. The van der Waals surface area contributed by atoms with Crippen LogP contribution in [0.4, 0.5) is 5.95 Å². The second-order valence-corrected chi connectivity index (χ2v) is 8.34. The monoisotopic (exact) mass is 405 g/mol. The van der Waals surface area contributed by atoms with Crippen LogP contribution in [-0.2, 0) is 11.3 Å². The van der Waals surface area contributed by atoms with Gasteiger partial charge in [0.2, 0.25) is 5.95 Å². The summed E-state index contributed by atoms with van der Waals surface area (Å²) in [5, 5.41) is 11.5. The van der Waals surface area contributed by atoms with Gasteiger partial charge in [0.15, 0.2) is 0 Å². The minimum Gasteiger partial charge on any atom is -0.380 e. The van der Waals surface area contributed by atoms with Crippen molar-refractivity contribution in [3.63, 3.8) is 0 Å². The van der Waals surface area contributed by atoms with E-state index in [4.69, 9.17) is 10.5 Å². The van der Waals surface area contributed by atoms with Crippen LogP contribution in [0.1, 0.15) is 50.9 Å². The van der Waals surface area contributed by atoms with Gasteiger partial charge in [-0.2, -0.15) is 0 Å². The van der Waals surface area contributed by atoms with Gasteiger partial charge >= 0.3 is 0 Å². The Labute approximate surface area is 176 Å². The molecule has 156 valence electrons. The average Bonchev–Trinajstić information content (AvgIpc) is 3.50. The fourth-order valence-electron chi connectivity index (χ4n) is 3.68. The minimum atomic E-state index is -0.976. The molecule has 7 nitrogen and oxygen atoms in total. The summed E-state index contributed by atoms with van der Waals surface area (Å²) in [6, 6.07) is 2.19. The molecular weight excluding hydrogens is 378 g/mol. The van der Waals surface area contributed by atoms with Crippen molar-refractivity contribution in [1.82, 2.24) is 19.5 Å². The molecule has 0 radical (unpaired) electrons. The van der Waals surface area contributed by atoms with Crippen molar-refractivity contribution in [2.45, 2.75) is 51.9 Å². The summed E-state index contributed by atoms with van der Waals surface area (Å²) >= 11 is 0. The van der Waals surface area contributed by atoms with Crippen LogP contribution in [0, 0.1) is 17.8 Å². The number of hydrogen-bond donors (Lipinski definition) is 2. The summed E-state index contributed by atoms with van der Waals surface area (Å²) in [6.45, 7) is 6.39. The van der Waals surface area contributed by atoms with E-state index in [-0.39, 0.29) is 17.9 Å². The quantitative estimate of drug-likeness (QED) is 0.632. The molecule has 30 heavy (non-hydrogen) atoms. The first-order chi connectivity index (χ1) is 14.3. The molecule has 1 unspecified atom stereocenters. The Hall–Kier alpha value is -2.95. The molecule has 3 heterocycles. The Morgan fingerprint density at radius 3 is 2.77 bits per heavy atom. The Morgan fingerprint density at radius 2 is 2.10 bits per heavy atom. The second kappa shape index (κ2) is 7.71. The standard InChI is InChI=1S/C23H27N5O2/c1-14(2)28-12-19(21-15(13-30-4)10-26-22(24)27-21)18-9-17(25-11-20(18)28)7-8-23(3,29)16-5-6-16/h9-12,14,16,29H,5-6,13H2,1-4H3,(H2,24,26,27). The Balaban J connectivity index is 1.88. The van der Waals surface area contributed by atoms with Crippen molar-refractivity contribution in [3.05, 3.63) is 35.9 Å². The van der Waals surface area contributed by atoms with E-state index in [1.54, 1.807) is 20.2 Å². The molecule has 0 aliphatic heterocycles. The summed E-state index contributed by atoms with van der Waals surface area (Å²) < 4.78 is 7.49. The fraction of sp³-hybridized carbons (Fsp3) is 0.435. The molecule has 0 spiro atoms. The smallest absolute Gasteiger partial charge is 0.220 e. The molecule has 0 bridgehead atoms. The van der Waals surface area contributed by atoms with Gasteiger partial charge in [0.1, 0.15) is 11.3 Å². The fourth-order valence-corrected chi connectivity index (χ4v) is 3.68. The van der Waals surface area contributed by atoms with Gasteiger partial charge in [0.25, 0.3) is 0 Å². The number of nitrogens with two attached hydrogens (primary N) is 1. The molecule has 0 aromatic carbocycles. The average molecular weight is 406 g/mol. The largest absolute Gasteiger partial charge is 0.380 e. The van der Waals surface area contributed by atoms with E-state index < -0.39 is 5.60 Å². The molecule has 0 amide bonds. The highest BCUT2D eigenvalue weighted by molar-refractivity contribution is 5.96. The van der Waals surface area contributed by atoms with Gasteiger partial charge in [0.05, 0.1) is 24.0 Å². The molecule has 3 aromatic rings. The maximum atomic E-state index is 10.5. The zero-order valence-electron chi connectivity index (χ0n) is 17.8. The Morgan fingerprint density at radius 1 is 1.33 bits per heavy atom. The lowest BCUT2D eigenvalue weighted by molar-refractivity contribution is 0.0980. The molecule has 1 fully saturated rings. The Bertz CT molecular complexity index is 1150. The molecule has 1 aliphatic carbocycles. The molecule has 7 heteroatoms. The SMILES string of the molecule is COCc1cnc(N)nc1-c1cn(C(C)C)c2cnc(C#CC(C)(O)C3CC3)cc12. The van der Waals surface area contributed by atoms with Crippen LogP contribution in [0.15, 0.2) is 24.7 Å². The van der Waals surface area contributed by atoms with E-state index in [0.717, 1.165) is 40.6 Å². The number of nitrogen functional groups attached to an aromatic ring is 1. The number of pyridine rings is 1. The number of aromatic nitrogens is 4. The summed E-state index contributed by atoms with van der Waals surface area (Å²) in [4.78, 5) is 13.2. The third kappa shape index (κ3) is 3.89. The van der Waals surface area contributed by atoms with Gasteiger partial charge in [-0.3, -0.25) is 0 Å². The van der Waals surface area contributed by atoms with Crippen molar-refractivity contribution in [2.24, 2.45) is 5.92 Å². The van der Waals surface area contributed by atoms with Crippen molar-refractivity contribution < 1.29 is 9.84 Å². The zero-order valence-corrected chi connectivity index (χ0v) is 17.8. The summed E-state index contributed by atoms with van der Waals surface area (Å²) in [5.41, 5.74) is 9.05. The number of methoxy groups -OCH3 is 1. The van der Waals surface area contributed by atoms with Crippen LogP contribution < -0.4 is 5.73 Å². The lowest BCUT2D eigenvalue weighted by Crippen LogP contribution is -2.24. The van der Waals surface area contributed by atoms with Gasteiger partial charge in [-0.05, 0) is 51.5 Å². The number of anilines is 1. The van der Waals surface area contributed by atoms with Crippen LogP contribution in [-0.4, -0.2) is 37.3 Å². The van der Waals surface area contributed by atoms with Crippen LogP contribution >= 0.6 is 0 Å². The summed E-state index contributed by atoms with van der Waals surface area (Å²) in [7, 11) is 1.64. The van der Waals surface area contributed by atoms with E-state index in [1.807, 2.05) is 12.3 Å². The highest BCUT2D eigenvalue weighted by atomic mass is 16.5. The minimum absolute atomic E-state index is 0.213. The molecule has 1 aliphatic rings. The predicted octanol–water partition coefficient (Wildman–Crippen LogP) is 3.32. The Kier molecular flexibility index (Phi) is 5.22. The summed E-state index contributed by atoms with van der Waals surface area (Å²) in [5.74, 6) is 6.54. The number of ether oxygens (including phenoxy) is 1. The highest BCUT2D eigenvalue weighted by Gasteiger charge is 2.38. The van der Waals surface area contributed by atoms with Crippen molar-refractivity contribution in [3.8, 4) is 23.1 Å². The van der Waals surface area contributed by atoms with Gasteiger partial charge in [-0.1, -0.05) is 5.92 Å². The molecule has 3 N–H and O–H groups in total. The topological polar surface area (TPSA) is 99.1 Å². The molecule has 1 saturated carbocycles. The first-order valence-corrected chi connectivity index (χ1v) is 10.2. The van der Waals surface area contributed by atoms with Gasteiger partial charge in [-0.15, -0.1) is 0 Å². The lowest BCUT2D eigenvalue weighted by atomic mass is 10.0. The van der Waals surface area contributed by atoms with E-state index in [0.29, 0.717) is 12.3 Å². The molecule has 4 rings (SSSR count). The number of rotatable bonds is 5. The van der Waals surface area contributed by atoms with Crippen molar-refractivity contribution >= 4 is 16.9 Å². The molecule has 1 atom stereocenters. The maximum Gasteiger partial charge on any atom is 0.220 e. The summed E-state index contributed by atoms with van der Waals surface area (Å²) in [6.07, 6.45) is 7.64. The van der Waals surface area contributed by atoms with E-state index in [9.17, 15) is 5.11 Å². The van der Waals surface area contributed by atoms with Crippen molar-refractivity contribution in [1.29, 1.82) is 0 Å². The van der Waals surface area contributed by atoms with Gasteiger partial charge < -0.3 is 20.1 Å². The maximum absolute atomic E-state index is 10.5. The number of hydrogen-bond acceptors (Lipinski definition) is 6. The van der Waals surface area contributed by atoms with Crippen LogP contribution in [0.3, 0.4) is 0 Å². The van der Waals surface area contributed by atoms with Crippen LogP contribution in [0.5, 0.6) is 0 Å². The molecular formula is C23H27N5O2. The van der Waals surface area contributed by atoms with Gasteiger partial charge in [-0.25, -0.2) is 15.0 Å². The molecule has 3 aromatic heterocycles. The van der Waals surface area contributed by atoms with Crippen LogP contribution in [0.25, 0.3) is 22.2 Å². The number of aliphatic hydroxyl groups is 1.